The molecule has 8 nitrogen and oxygen atoms in total. The van der Waals surface area contributed by atoms with E-state index in [0.29, 0.717) is 48.0 Å². The molecule has 1 aliphatic heterocycles. The van der Waals surface area contributed by atoms with E-state index in [1.165, 1.54) is 24.4 Å². The Hall–Kier alpha value is -3.59. The van der Waals surface area contributed by atoms with Gasteiger partial charge in [-0.25, -0.2) is 14.4 Å². The van der Waals surface area contributed by atoms with Gasteiger partial charge in [0.2, 0.25) is 5.91 Å². The smallest absolute Gasteiger partial charge is 0.254 e. The number of hydrogen-bond acceptors (Lipinski definition) is 6. The molecule has 3 heterocycles. The fraction of sp³-hybridized carbons (Fsp3) is 0.346. The summed E-state index contributed by atoms with van der Waals surface area (Å²) in [6.45, 7) is 1.86. The van der Waals surface area contributed by atoms with E-state index in [1.807, 2.05) is 4.90 Å². The van der Waals surface area contributed by atoms with Crippen LogP contribution in [-0.4, -0.2) is 51.3 Å². The summed E-state index contributed by atoms with van der Waals surface area (Å²) in [5.41, 5.74) is 2.96. The Kier molecular flexibility index (Phi) is 7.09. The summed E-state index contributed by atoms with van der Waals surface area (Å²) in [6, 6.07) is 6.00. The fourth-order valence-electron chi connectivity index (χ4n) is 4.64. The van der Waals surface area contributed by atoms with Crippen molar-refractivity contribution in [2.45, 2.75) is 38.5 Å². The number of rotatable bonds is 8. The first-order valence-electron chi connectivity index (χ1n) is 12.1. The maximum atomic E-state index is 14.6. The number of anilines is 2. The molecule has 5 rings (SSSR count). The molecule has 36 heavy (non-hydrogen) atoms. The molecule has 2 aliphatic rings. The number of pyridine rings is 1. The van der Waals surface area contributed by atoms with Crippen molar-refractivity contribution < 1.29 is 14.0 Å². The van der Waals surface area contributed by atoms with E-state index < -0.39 is 5.82 Å². The number of nitrogens with zero attached hydrogens (tertiary/aromatic N) is 4. The Labute approximate surface area is 213 Å². The van der Waals surface area contributed by atoms with Crippen LogP contribution in [0.4, 0.5) is 15.9 Å². The molecule has 1 aliphatic carbocycles. The number of fused-ring (bicyclic) bond motifs is 1. The van der Waals surface area contributed by atoms with Crippen molar-refractivity contribution in [1.29, 1.82) is 0 Å². The number of benzene rings is 1. The number of aromatic nitrogens is 3. The predicted molar refractivity (Wildman–Crippen MR) is 135 cm³/mol. The third kappa shape index (κ3) is 5.16. The third-order valence-corrected chi connectivity index (χ3v) is 6.72. The zero-order valence-corrected chi connectivity index (χ0v) is 20.4. The average Bonchev–Trinajstić information content (AvgIpc) is 3.52. The molecular formula is C26H26ClFN6O2. The molecule has 0 bridgehead atoms. The minimum Gasteiger partial charge on any atom is -0.352 e. The van der Waals surface area contributed by atoms with E-state index in [2.05, 4.69) is 25.6 Å². The topological polar surface area (TPSA) is 100 Å². The summed E-state index contributed by atoms with van der Waals surface area (Å²) >= 11 is 6.10. The highest BCUT2D eigenvalue weighted by Crippen LogP contribution is 2.33. The molecule has 0 saturated carbocycles. The molecule has 1 saturated heterocycles. The van der Waals surface area contributed by atoms with Gasteiger partial charge in [-0.15, -0.1) is 0 Å². The second kappa shape index (κ2) is 10.6. The van der Waals surface area contributed by atoms with Crippen molar-refractivity contribution >= 4 is 34.9 Å². The Bertz CT molecular complexity index is 1320. The van der Waals surface area contributed by atoms with E-state index in [-0.39, 0.29) is 23.2 Å². The normalized spacial score (nSPS) is 14.7. The van der Waals surface area contributed by atoms with Crippen molar-refractivity contribution in [1.82, 2.24) is 25.2 Å². The van der Waals surface area contributed by atoms with Crippen LogP contribution < -0.4 is 10.6 Å². The van der Waals surface area contributed by atoms with Gasteiger partial charge in [0.15, 0.2) is 5.82 Å². The molecule has 0 radical (unpaired) electrons. The van der Waals surface area contributed by atoms with Gasteiger partial charge < -0.3 is 15.5 Å². The highest BCUT2D eigenvalue weighted by Gasteiger charge is 2.23. The van der Waals surface area contributed by atoms with Gasteiger partial charge in [0.25, 0.3) is 5.91 Å². The van der Waals surface area contributed by atoms with Crippen molar-refractivity contribution in [2.24, 2.45) is 0 Å². The lowest BCUT2D eigenvalue weighted by molar-refractivity contribution is -0.127. The van der Waals surface area contributed by atoms with Gasteiger partial charge in [-0.1, -0.05) is 11.6 Å². The molecule has 2 N–H and O–H groups in total. The Morgan fingerprint density at radius 1 is 1.14 bits per heavy atom. The van der Waals surface area contributed by atoms with Gasteiger partial charge in [0.1, 0.15) is 11.6 Å². The fourth-order valence-corrected chi connectivity index (χ4v) is 4.82. The summed E-state index contributed by atoms with van der Waals surface area (Å²) in [7, 11) is 0. The van der Waals surface area contributed by atoms with Crippen molar-refractivity contribution in [3.05, 3.63) is 64.3 Å². The van der Waals surface area contributed by atoms with Crippen LogP contribution >= 0.6 is 11.6 Å². The number of hydrogen-bond donors (Lipinski definition) is 2. The van der Waals surface area contributed by atoms with Crippen LogP contribution in [0.5, 0.6) is 0 Å². The average molecular weight is 509 g/mol. The minimum atomic E-state index is -0.456. The third-order valence-electron chi connectivity index (χ3n) is 6.48. The lowest BCUT2D eigenvalue weighted by Gasteiger charge is -2.16. The number of carbonyl (C=O) groups is 2. The number of amides is 2. The lowest BCUT2D eigenvalue weighted by atomic mass is 10.1. The van der Waals surface area contributed by atoms with Crippen molar-refractivity contribution in [2.75, 3.05) is 25.0 Å². The SMILES string of the molecule is O=C(NCCCN1CCCC1=O)c1cnccc1Nc1nc(-c2cc(Cl)ccc2F)nc2c1CCC2. The second-order valence-electron chi connectivity index (χ2n) is 8.94. The first-order valence-corrected chi connectivity index (χ1v) is 12.5. The minimum absolute atomic E-state index is 0.175. The van der Waals surface area contributed by atoms with Crippen molar-refractivity contribution in [3.63, 3.8) is 0 Å². The second-order valence-corrected chi connectivity index (χ2v) is 9.38. The molecule has 10 heteroatoms. The summed E-state index contributed by atoms with van der Waals surface area (Å²) in [5.74, 6) is 0.233. The highest BCUT2D eigenvalue weighted by atomic mass is 35.5. The van der Waals surface area contributed by atoms with Gasteiger partial charge in [-0.05, 0) is 56.4 Å². The first-order chi connectivity index (χ1) is 17.5. The summed E-state index contributed by atoms with van der Waals surface area (Å²) < 4.78 is 14.6. The first kappa shape index (κ1) is 24.1. The maximum absolute atomic E-state index is 14.6. The van der Waals surface area contributed by atoms with Gasteiger partial charge in [-0.3, -0.25) is 14.6 Å². The van der Waals surface area contributed by atoms with Crippen LogP contribution in [0.1, 0.15) is 47.3 Å². The summed E-state index contributed by atoms with van der Waals surface area (Å²) in [5, 5.41) is 6.59. The number of likely N-dealkylation sites (tertiary alicyclic amines) is 1. The molecule has 0 unspecified atom stereocenters. The van der Waals surface area contributed by atoms with Gasteiger partial charge in [0, 0.05) is 54.7 Å². The number of nitrogens with one attached hydrogen (secondary N) is 2. The summed E-state index contributed by atoms with van der Waals surface area (Å²) in [4.78, 5) is 39.9. The standard InChI is InChI=1S/C26H26ClFN6O2/c27-16-7-8-20(28)18(14-16)25-31-21-5-1-4-17(21)24(33-25)32-22-9-11-29-15-19(22)26(36)30-10-3-13-34-12-2-6-23(34)35/h7-9,11,14-15H,1-6,10,12-13H2,(H,30,36)(H,29,31,32,33). The Morgan fingerprint density at radius 3 is 2.86 bits per heavy atom. The molecule has 0 atom stereocenters. The number of aryl methyl sites for hydroxylation is 1. The van der Waals surface area contributed by atoms with E-state index in [1.54, 1.807) is 12.3 Å². The zero-order valence-electron chi connectivity index (χ0n) is 19.7. The number of halogens is 2. The molecule has 1 aromatic carbocycles. The Morgan fingerprint density at radius 2 is 2.03 bits per heavy atom. The molecular weight excluding hydrogens is 483 g/mol. The van der Waals surface area contributed by atoms with Gasteiger partial charge in [0.05, 0.1) is 16.8 Å². The van der Waals surface area contributed by atoms with Crippen molar-refractivity contribution in [3.8, 4) is 11.4 Å². The predicted octanol–water partition coefficient (Wildman–Crippen LogP) is 4.31. The molecule has 1 fully saturated rings. The van der Waals surface area contributed by atoms with Crippen LogP contribution in [0.25, 0.3) is 11.4 Å². The van der Waals surface area contributed by atoms with E-state index in [9.17, 15) is 14.0 Å². The number of carbonyl (C=O) groups excluding carboxylic acids is 2. The monoisotopic (exact) mass is 508 g/mol. The molecule has 2 amide bonds. The largest absolute Gasteiger partial charge is 0.352 e. The molecule has 186 valence electrons. The van der Waals surface area contributed by atoms with Crippen LogP contribution in [-0.2, 0) is 17.6 Å². The highest BCUT2D eigenvalue weighted by molar-refractivity contribution is 6.30. The van der Waals surface area contributed by atoms with Crippen LogP contribution in [0.15, 0.2) is 36.7 Å². The van der Waals surface area contributed by atoms with E-state index >= 15 is 0 Å². The van der Waals surface area contributed by atoms with Crippen LogP contribution in [0.3, 0.4) is 0 Å². The van der Waals surface area contributed by atoms with E-state index in [4.69, 9.17) is 11.6 Å². The molecule has 2 aromatic heterocycles. The molecule has 0 spiro atoms. The Balaban J connectivity index is 1.35. The van der Waals surface area contributed by atoms with Gasteiger partial charge in [-0.2, -0.15) is 0 Å². The summed E-state index contributed by atoms with van der Waals surface area (Å²) in [6.07, 6.45) is 7.75. The zero-order chi connectivity index (χ0) is 25.1. The van der Waals surface area contributed by atoms with E-state index in [0.717, 1.165) is 43.5 Å². The van der Waals surface area contributed by atoms with Crippen LogP contribution in [0.2, 0.25) is 5.02 Å². The maximum Gasteiger partial charge on any atom is 0.254 e. The lowest BCUT2D eigenvalue weighted by Crippen LogP contribution is -2.31. The van der Waals surface area contributed by atoms with Crippen LogP contribution in [0, 0.1) is 5.82 Å². The van der Waals surface area contributed by atoms with Gasteiger partial charge >= 0.3 is 0 Å². The quantitative estimate of drug-likeness (QED) is 0.440. The molecule has 3 aromatic rings.